The lowest BCUT2D eigenvalue weighted by Crippen LogP contribution is -2.37. The number of hydrogen-bond acceptors (Lipinski definition) is 3. The predicted molar refractivity (Wildman–Crippen MR) is 104 cm³/mol. The highest BCUT2D eigenvalue weighted by atomic mass is 35.5. The minimum Gasteiger partial charge on any atom is -0.383 e. The summed E-state index contributed by atoms with van der Waals surface area (Å²) in [6.45, 7) is 2.23. The quantitative estimate of drug-likeness (QED) is 0.639. The van der Waals surface area contributed by atoms with Gasteiger partial charge in [0, 0.05) is 26.1 Å². The first kappa shape index (κ1) is 21.2. The zero-order valence-electron chi connectivity index (χ0n) is 14.6. The van der Waals surface area contributed by atoms with Crippen LogP contribution in [0.3, 0.4) is 0 Å². The van der Waals surface area contributed by atoms with E-state index < -0.39 is 0 Å². The van der Waals surface area contributed by atoms with Crippen molar-refractivity contribution in [3.05, 3.63) is 71.8 Å². The van der Waals surface area contributed by atoms with Gasteiger partial charge in [0.1, 0.15) is 0 Å². The van der Waals surface area contributed by atoms with Gasteiger partial charge in [-0.25, -0.2) is 0 Å². The molecule has 0 bridgehead atoms. The molecule has 0 fully saturated rings. The van der Waals surface area contributed by atoms with Crippen molar-refractivity contribution in [2.24, 2.45) is 0 Å². The normalized spacial score (nSPS) is 11.4. The maximum Gasteiger partial charge on any atom is 0.233 e. The largest absolute Gasteiger partial charge is 0.383 e. The fraction of sp³-hybridized carbons (Fsp3) is 0.350. The third kappa shape index (κ3) is 8.16. The number of benzene rings is 2. The van der Waals surface area contributed by atoms with Gasteiger partial charge < -0.3 is 15.4 Å². The molecule has 136 valence electrons. The van der Waals surface area contributed by atoms with Gasteiger partial charge in [-0.3, -0.25) is 4.79 Å². The highest BCUT2D eigenvalue weighted by Gasteiger charge is 2.13. The van der Waals surface area contributed by atoms with Gasteiger partial charge in [0.15, 0.2) is 0 Å². The predicted octanol–water partition coefficient (Wildman–Crippen LogP) is 2.79. The highest BCUT2D eigenvalue weighted by molar-refractivity contribution is 5.85. The summed E-state index contributed by atoms with van der Waals surface area (Å²) in [4.78, 5) is 12.0. The Bertz CT molecular complexity index is 593. The van der Waals surface area contributed by atoms with Gasteiger partial charge in [-0.1, -0.05) is 60.7 Å². The van der Waals surface area contributed by atoms with E-state index in [2.05, 4.69) is 47.0 Å². The average molecular weight is 363 g/mol. The maximum absolute atomic E-state index is 12.0. The van der Waals surface area contributed by atoms with Gasteiger partial charge in [0.2, 0.25) is 5.91 Å². The summed E-state index contributed by atoms with van der Waals surface area (Å²) in [6, 6.07) is 20.7. The number of amides is 1. The van der Waals surface area contributed by atoms with E-state index in [0.717, 1.165) is 6.42 Å². The fourth-order valence-electron chi connectivity index (χ4n) is 2.61. The van der Waals surface area contributed by atoms with E-state index in [1.54, 1.807) is 7.11 Å². The van der Waals surface area contributed by atoms with Crippen LogP contribution >= 0.6 is 12.4 Å². The SMILES string of the molecule is COCCNCC(=O)NCC(Cc1ccccc1)c1ccccc1.Cl. The number of halogens is 1. The number of hydrogen-bond donors (Lipinski definition) is 2. The molecule has 0 radical (unpaired) electrons. The zero-order valence-corrected chi connectivity index (χ0v) is 15.4. The fourth-order valence-corrected chi connectivity index (χ4v) is 2.61. The van der Waals surface area contributed by atoms with Crippen molar-refractivity contribution in [1.82, 2.24) is 10.6 Å². The number of rotatable bonds is 10. The maximum atomic E-state index is 12.0. The minimum atomic E-state index is 0. The Balaban J connectivity index is 0.00000312. The van der Waals surface area contributed by atoms with Crippen molar-refractivity contribution in [3.63, 3.8) is 0 Å². The Morgan fingerprint density at radius 3 is 2.32 bits per heavy atom. The molecule has 2 aromatic rings. The van der Waals surface area contributed by atoms with Gasteiger partial charge in [-0.15, -0.1) is 12.4 Å². The lowest BCUT2D eigenvalue weighted by Gasteiger charge is -2.18. The van der Waals surface area contributed by atoms with Crippen LogP contribution < -0.4 is 10.6 Å². The van der Waals surface area contributed by atoms with Crippen LogP contribution in [0.5, 0.6) is 0 Å². The van der Waals surface area contributed by atoms with E-state index in [1.165, 1.54) is 11.1 Å². The summed E-state index contributed by atoms with van der Waals surface area (Å²) in [5.41, 5.74) is 2.52. The molecule has 0 saturated heterocycles. The number of carbonyl (C=O) groups is 1. The Labute approximate surface area is 156 Å². The third-order valence-corrected chi connectivity index (χ3v) is 3.91. The van der Waals surface area contributed by atoms with E-state index in [-0.39, 0.29) is 24.2 Å². The van der Waals surface area contributed by atoms with Crippen LogP contribution in [0.4, 0.5) is 0 Å². The molecule has 2 aromatic carbocycles. The van der Waals surface area contributed by atoms with Crippen molar-refractivity contribution in [1.29, 1.82) is 0 Å². The molecular formula is C20H27ClN2O2. The third-order valence-electron chi connectivity index (χ3n) is 3.91. The number of carbonyl (C=O) groups excluding carboxylic acids is 1. The summed E-state index contributed by atoms with van der Waals surface area (Å²) in [5.74, 6) is 0.275. The minimum absolute atomic E-state index is 0. The molecule has 2 rings (SSSR count). The first-order valence-corrected chi connectivity index (χ1v) is 8.35. The molecule has 0 heterocycles. The summed E-state index contributed by atoms with van der Waals surface area (Å²) >= 11 is 0. The van der Waals surface area contributed by atoms with Crippen molar-refractivity contribution in [3.8, 4) is 0 Å². The Morgan fingerprint density at radius 2 is 1.68 bits per heavy atom. The monoisotopic (exact) mass is 362 g/mol. The number of ether oxygens (including phenoxy) is 1. The second-order valence-corrected chi connectivity index (χ2v) is 5.77. The number of nitrogens with one attached hydrogen (secondary N) is 2. The molecule has 1 amide bonds. The van der Waals surface area contributed by atoms with Crippen LogP contribution in [-0.4, -0.2) is 39.3 Å². The molecule has 0 aliphatic heterocycles. The first-order valence-electron chi connectivity index (χ1n) is 8.35. The molecule has 4 nitrogen and oxygen atoms in total. The van der Waals surface area contributed by atoms with Crippen LogP contribution in [0.15, 0.2) is 60.7 Å². The topological polar surface area (TPSA) is 50.4 Å². The van der Waals surface area contributed by atoms with Crippen molar-refractivity contribution >= 4 is 18.3 Å². The van der Waals surface area contributed by atoms with Gasteiger partial charge >= 0.3 is 0 Å². The molecule has 0 aromatic heterocycles. The molecule has 0 aliphatic rings. The van der Waals surface area contributed by atoms with E-state index in [1.807, 2.05) is 24.3 Å². The summed E-state index contributed by atoms with van der Waals surface area (Å²) in [6.07, 6.45) is 0.905. The second kappa shape index (κ2) is 12.5. The van der Waals surface area contributed by atoms with Gasteiger partial charge in [-0.2, -0.15) is 0 Å². The Morgan fingerprint density at radius 1 is 1.04 bits per heavy atom. The smallest absolute Gasteiger partial charge is 0.233 e. The zero-order chi connectivity index (χ0) is 17.0. The van der Waals surface area contributed by atoms with Crippen molar-refractivity contribution in [2.45, 2.75) is 12.3 Å². The molecule has 1 unspecified atom stereocenters. The molecule has 1 atom stereocenters. The lowest BCUT2D eigenvalue weighted by molar-refractivity contribution is -0.120. The molecular weight excluding hydrogens is 336 g/mol. The lowest BCUT2D eigenvalue weighted by atomic mass is 9.92. The van der Waals surface area contributed by atoms with Crippen LogP contribution in [0.2, 0.25) is 0 Å². The van der Waals surface area contributed by atoms with Crippen LogP contribution in [0.25, 0.3) is 0 Å². The van der Waals surface area contributed by atoms with Crippen LogP contribution in [0.1, 0.15) is 17.0 Å². The highest BCUT2D eigenvalue weighted by Crippen LogP contribution is 2.20. The molecule has 5 heteroatoms. The number of methoxy groups -OCH3 is 1. The molecule has 25 heavy (non-hydrogen) atoms. The van der Waals surface area contributed by atoms with Gasteiger partial charge in [0.25, 0.3) is 0 Å². The summed E-state index contributed by atoms with van der Waals surface area (Å²) in [5, 5.41) is 6.10. The molecule has 0 spiro atoms. The van der Waals surface area contributed by atoms with Gasteiger partial charge in [-0.05, 0) is 17.5 Å². The van der Waals surface area contributed by atoms with Gasteiger partial charge in [0.05, 0.1) is 13.2 Å². The molecule has 0 aliphatic carbocycles. The summed E-state index contributed by atoms with van der Waals surface area (Å²) in [7, 11) is 1.65. The molecule has 2 N–H and O–H groups in total. The Hall–Kier alpha value is -1.88. The van der Waals surface area contributed by atoms with Crippen molar-refractivity contribution in [2.75, 3.05) is 33.4 Å². The van der Waals surface area contributed by atoms with E-state index in [4.69, 9.17) is 4.74 Å². The molecule has 0 saturated carbocycles. The van der Waals surface area contributed by atoms with Crippen LogP contribution in [-0.2, 0) is 16.0 Å². The first-order chi connectivity index (χ1) is 11.8. The second-order valence-electron chi connectivity index (χ2n) is 5.77. The standard InChI is InChI=1S/C20H26N2O2.ClH/c1-24-13-12-21-16-20(23)22-15-19(18-10-6-3-7-11-18)14-17-8-4-2-5-9-17;/h2-11,19,21H,12-16H2,1H3,(H,22,23);1H. The van der Waals surface area contributed by atoms with E-state index in [9.17, 15) is 4.79 Å². The Kier molecular flexibility index (Phi) is 10.6. The van der Waals surface area contributed by atoms with E-state index >= 15 is 0 Å². The summed E-state index contributed by atoms with van der Waals surface area (Å²) < 4.78 is 4.95. The average Bonchev–Trinajstić information content (AvgIpc) is 2.64. The van der Waals surface area contributed by atoms with Crippen LogP contribution in [0, 0.1) is 0 Å². The van der Waals surface area contributed by atoms with Crippen molar-refractivity contribution < 1.29 is 9.53 Å². The van der Waals surface area contributed by atoms with E-state index in [0.29, 0.717) is 26.2 Å².